The van der Waals surface area contributed by atoms with E-state index in [-0.39, 0.29) is 6.04 Å². The van der Waals surface area contributed by atoms with Crippen molar-refractivity contribution in [2.45, 2.75) is 37.3 Å². The number of hydrogen-bond acceptors (Lipinski definition) is 7. The van der Waals surface area contributed by atoms with Crippen LogP contribution in [0.25, 0.3) is 22.0 Å². The maximum atomic E-state index is 6.76. The molecule has 2 heterocycles. The first-order valence-corrected chi connectivity index (χ1v) is 8.89. The summed E-state index contributed by atoms with van der Waals surface area (Å²) in [6, 6.07) is 6.35. The van der Waals surface area contributed by atoms with Crippen molar-refractivity contribution in [3.63, 3.8) is 0 Å². The molecule has 0 bridgehead atoms. The molecule has 4 rings (SSSR count). The number of nitrogens with zero attached hydrogens (tertiary/aromatic N) is 4. The van der Waals surface area contributed by atoms with Crippen LogP contribution in [0.1, 0.15) is 31.4 Å². The molecular weight excluding hydrogens is 326 g/mol. The third-order valence-corrected chi connectivity index (χ3v) is 5.24. The van der Waals surface area contributed by atoms with Gasteiger partial charge < -0.3 is 16.8 Å². The van der Waals surface area contributed by atoms with Crippen molar-refractivity contribution < 1.29 is 0 Å². The molecular formula is C19H23N7. The summed E-state index contributed by atoms with van der Waals surface area (Å²) in [7, 11) is 1.80. The van der Waals surface area contributed by atoms with Gasteiger partial charge in [0.25, 0.3) is 0 Å². The standard InChI is InChI=1S/C19H23N7/c1-22-18-23-9-13(10-24-18)12-2-3-16-15(8-12)17(26-11-25-16)19(21)6-4-14(20)5-7-19/h2-3,8-11,14H,4-7,20-21H2,1H3,(H,22,23,24). The number of benzene rings is 1. The van der Waals surface area contributed by atoms with E-state index in [0.717, 1.165) is 53.4 Å². The normalized spacial score (nSPS) is 23.1. The molecule has 26 heavy (non-hydrogen) atoms. The van der Waals surface area contributed by atoms with Gasteiger partial charge in [-0.05, 0) is 43.4 Å². The molecule has 0 saturated heterocycles. The second-order valence-corrected chi connectivity index (χ2v) is 6.99. The number of nitrogens with one attached hydrogen (secondary N) is 1. The molecule has 1 saturated carbocycles. The fourth-order valence-electron chi connectivity index (χ4n) is 3.63. The highest BCUT2D eigenvalue weighted by Crippen LogP contribution is 2.37. The number of fused-ring (bicyclic) bond motifs is 1. The molecule has 2 aromatic heterocycles. The van der Waals surface area contributed by atoms with E-state index in [1.165, 1.54) is 0 Å². The Morgan fingerprint density at radius 3 is 2.46 bits per heavy atom. The topological polar surface area (TPSA) is 116 Å². The predicted molar refractivity (Wildman–Crippen MR) is 102 cm³/mol. The minimum atomic E-state index is -0.456. The van der Waals surface area contributed by atoms with Crippen LogP contribution in [0.4, 0.5) is 5.95 Å². The summed E-state index contributed by atoms with van der Waals surface area (Å²) < 4.78 is 0. The summed E-state index contributed by atoms with van der Waals surface area (Å²) in [6.45, 7) is 0. The van der Waals surface area contributed by atoms with Gasteiger partial charge in [-0.3, -0.25) is 0 Å². The summed E-state index contributed by atoms with van der Waals surface area (Å²) in [5.41, 5.74) is 16.1. The molecule has 1 aliphatic carbocycles. The molecule has 1 fully saturated rings. The van der Waals surface area contributed by atoms with Crippen molar-refractivity contribution in [1.82, 2.24) is 19.9 Å². The smallest absolute Gasteiger partial charge is 0.222 e. The lowest BCUT2D eigenvalue weighted by atomic mass is 9.77. The SMILES string of the molecule is CNc1ncc(-c2ccc3ncnc(C4(N)CCC(N)CC4)c3c2)cn1. The molecule has 1 aromatic carbocycles. The largest absolute Gasteiger partial charge is 0.357 e. The van der Waals surface area contributed by atoms with Crippen LogP contribution < -0.4 is 16.8 Å². The number of aromatic nitrogens is 4. The Morgan fingerprint density at radius 2 is 1.77 bits per heavy atom. The third kappa shape index (κ3) is 3.00. The van der Waals surface area contributed by atoms with Gasteiger partial charge in [0.1, 0.15) is 6.33 Å². The van der Waals surface area contributed by atoms with Gasteiger partial charge in [-0.25, -0.2) is 19.9 Å². The summed E-state index contributed by atoms with van der Waals surface area (Å²) in [6.07, 6.45) is 8.73. The van der Waals surface area contributed by atoms with E-state index in [9.17, 15) is 0 Å². The van der Waals surface area contributed by atoms with Crippen LogP contribution in [0.3, 0.4) is 0 Å². The van der Waals surface area contributed by atoms with Gasteiger partial charge in [-0.1, -0.05) is 6.07 Å². The minimum absolute atomic E-state index is 0.234. The maximum Gasteiger partial charge on any atom is 0.222 e. The van der Waals surface area contributed by atoms with E-state index >= 15 is 0 Å². The molecule has 7 heteroatoms. The lowest BCUT2D eigenvalue weighted by Crippen LogP contribution is -2.44. The highest BCUT2D eigenvalue weighted by molar-refractivity contribution is 5.86. The zero-order valence-electron chi connectivity index (χ0n) is 14.8. The van der Waals surface area contributed by atoms with Crippen molar-refractivity contribution in [1.29, 1.82) is 0 Å². The van der Waals surface area contributed by atoms with Gasteiger partial charge in [0.05, 0.1) is 16.7 Å². The van der Waals surface area contributed by atoms with Crippen LogP contribution in [-0.2, 0) is 5.54 Å². The molecule has 0 radical (unpaired) electrons. The van der Waals surface area contributed by atoms with Crippen molar-refractivity contribution in [3.05, 3.63) is 42.6 Å². The second kappa shape index (κ2) is 6.59. The second-order valence-electron chi connectivity index (χ2n) is 6.99. The van der Waals surface area contributed by atoms with Gasteiger partial charge in [0.2, 0.25) is 5.95 Å². The molecule has 0 atom stereocenters. The Balaban J connectivity index is 1.79. The van der Waals surface area contributed by atoms with Gasteiger partial charge >= 0.3 is 0 Å². The van der Waals surface area contributed by atoms with Crippen LogP contribution in [0.5, 0.6) is 0 Å². The van der Waals surface area contributed by atoms with Gasteiger partial charge in [-0.2, -0.15) is 0 Å². The third-order valence-electron chi connectivity index (χ3n) is 5.24. The molecule has 1 aliphatic rings. The highest BCUT2D eigenvalue weighted by Gasteiger charge is 2.34. The minimum Gasteiger partial charge on any atom is -0.357 e. The zero-order valence-corrected chi connectivity index (χ0v) is 14.8. The van der Waals surface area contributed by atoms with E-state index in [0.29, 0.717) is 5.95 Å². The molecule has 0 amide bonds. The summed E-state index contributed by atoms with van der Waals surface area (Å²) in [5.74, 6) is 0.595. The summed E-state index contributed by atoms with van der Waals surface area (Å²) >= 11 is 0. The van der Waals surface area contributed by atoms with E-state index in [1.807, 2.05) is 12.1 Å². The highest BCUT2D eigenvalue weighted by atomic mass is 15.1. The Hall–Kier alpha value is -2.64. The first kappa shape index (κ1) is 16.8. The number of hydrogen-bond donors (Lipinski definition) is 3. The average molecular weight is 349 g/mol. The van der Waals surface area contributed by atoms with Gasteiger partial charge in [0, 0.05) is 36.4 Å². The monoisotopic (exact) mass is 349 g/mol. The number of nitrogens with two attached hydrogens (primary N) is 2. The first-order valence-electron chi connectivity index (χ1n) is 8.89. The van der Waals surface area contributed by atoms with E-state index in [4.69, 9.17) is 11.5 Å². The average Bonchev–Trinajstić information content (AvgIpc) is 2.69. The van der Waals surface area contributed by atoms with E-state index < -0.39 is 5.54 Å². The molecule has 0 unspecified atom stereocenters. The Morgan fingerprint density at radius 1 is 1.04 bits per heavy atom. The van der Waals surface area contributed by atoms with Crippen LogP contribution in [0.2, 0.25) is 0 Å². The maximum absolute atomic E-state index is 6.76. The van der Waals surface area contributed by atoms with Crippen molar-refractivity contribution in [2.24, 2.45) is 11.5 Å². The molecule has 5 N–H and O–H groups in total. The molecule has 0 aliphatic heterocycles. The van der Waals surface area contributed by atoms with E-state index in [1.54, 1.807) is 25.8 Å². The van der Waals surface area contributed by atoms with Crippen LogP contribution >= 0.6 is 0 Å². The predicted octanol–water partition coefficient (Wildman–Crippen LogP) is 2.18. The van der Waals surface area contributed by atoms with Crippen molar-refractivity contribution in [2.75, 3.05) is 12.4 Å². The van der Waals surface area contributed by atoms with Crippen LogP contribution in [-0.4, -0.2) is 33.0 Å². The molecule has 0 spiro atoms. The molecule has 7 nitrogen and oxygen atoms in total. The Bertz CT molecular complexity index is 915. The number of anilines is 1. The van der Waals surface area contributed by atoms with Crippen molar-refractivity contribution in [3.8, 4) is 11.1 Å². The lowest BCUT2D eigenvalue weighted by Gasteiger charge is -2.36. The zero-order chi connectivity index (χ0) is 18.1. The van der Waals surface area contributed by atoms with E-state index in [2.05, 4.69) is 31.3 Å². The van der Waals surface area contributed by atoms with Gasteiger partial charge in [-0.15, -0.1) is 0 Å². The lowest BCUT2D eigenvalue weighted by molar-refractivity contribution is 0.273. The molecule has 3 aromatic rings. The number of rotatable bonds is 3. The van der Waals surface area contributed by atoms with Crippen LogP contribution in [0, 0.1) is 0 Å². The quantitative estimate of drug-likeness (QED) is 0.663. The fourth-order valence-corrected chi connectivity index (χ4v) is 3.63. The van der Waals surface area contributed by atoms with Crippen LogP contribution in [0.15, 0.2) is 36.9 Å². The summed E-state index contributed by atoms with van der Waals surface area (Å²) in [5, 5.41) is 3.91. The fraction of sp³-hybridized carbons (Fsp3) is 0.368. The molecule has 134 valence electrons. The van der Waals surface area contributed by atoms with Crippen molar-refractivity contribution >= 4 is 16.9 Å². The first-order chi connectivity index (χ1) is 12.6. The summed E-state index contributed by atoms with van der Waals surface area (Å²) in [4.78, 5) is 17.6. The Labute approximate surface area is 152 Å². The van der Waals surface area contributed by atoms with Gasteiger partial charge in [0.15, 0.2) is 0 Å². The Kier molecular flexibility index (Phi) is 4.26.